The van der Waals surface area contributed by atoms with E-state index < -0.39 is 0 Å². The Bertz CT molecular complexity index is 658. The second kappa shape index (κ2) is 9.67. The molecule has 2 amide bonds. The molecule has 0 atom stereocenters. The molecule has 27 heavy (non-hydrogen) atoms. The lowest BCUT2D eigenvalue weighted by molar-refractivity contribution is -0.134. The van der Waals surface area contributed by atoms with Crippen LogP contribution in [0.3, 0.4) is 0 Å². The van der Waals surface area contributed by atoms with Crippen molar-refractivity contribution in [2.75, 3.05) is 51.3 Å². The number of carbonyl (C=O) groups excluding carboxylic acids is 2. The number of morpholine rings is 1. The van der Waals surface area contributed by atoms with Crippen molar-refractivity contribution in [1.82, 2.24) is 9.80 Å². The van der Waals surface area contributed by atoms with E-state index in [-0.39, 0.29) is 11.8 Å². The fourth-order valence-corrected chi connectivity index (χ4v) is 3.52. The molecule has 2 heterocycles. The lowest BCUT2D eigenvalue weighted by atomic mass is 9.95. The van der Waals surface area contributed by atoms with Gasteiger partial charge >= 0.3 is 0 Å². The molecule has 1 aromatic rings. The van der Waals surface area contributed by atoms with Crippen LogP contribution in [0.2, 0.25) is 0 Å². The molecule has 6 nitrogen and oxygen atoms in total. The number of anilines is 1. The number of amides is 2. The van der Waals surface area contributed by atoms with Gasteiger partial charge in [-0.25, -0.2) is 0 Å². The number of piperidine rings is 1. The van der Waals surface area contributed by atoms with Crippen LogP contribution in [-0.2, 0) is 14.3 Å². The summed E-state index contributed by atoms with van der Waals surface area (Å²) in [7, 11) is 0. The van der Waals surface area contributed by atoms with E-state index in [1.165, 1.54) is 6.92 Å². The zero-order chi connectivity index (χ0) is 19.1. The molecular formula is C21H29N3O3. The average Bonchev–Trinajstić information content (AvgIpc) is 2.68. The Labute approximate surface area is 161 Å². The number of nitrogens with zero attached hydrogens (tertiary/aromatic N) is 2. The maximum absolute atomic E-state index is 12.5. The zero-order valence-corrected chi connectivity index (χ0v) is 16.0. The second-order valence-corrected chi connectivity index (χ2v) is 7.27. The van der Waals surface area contributed by atoms with Gasteiger partial charge in [0.05, 0.1) is 19.8 Å². The third-order valence-corrected chi connectivity index (χ3v) is 5.15. The third-order valence-electron chi connectivity index (χ3n) is 5.15. The quantitative estimate of drug-likeness (QED) is 0.862. The van der Waals surface area contributed by atoms with Gasteiger partial charge < -0.3 is 15.0 Å². The largest absolute Gasteiger partial charge is 0.379 e. The van der Waals surface area contributed by atoms with E-state index in [1.54, 1.807) is 0 Å². The number of likely N-dealkylation sites (tertiary alicyclic amines) is 1. The minimum absolute atomic E-state index is 0.0618. The van der Waals surface area contributed by atoms with Crippen molar-refractivity contribution in [1.29, 1.82) is 0 Å². The Morgan fingerprint density at radius 1 is 1.11 bits per heavy atom. The Morgan fingerprint density at radius 3 is 2.41 bits per heavy atom. The van der Waals surface area contributed by atoms with Gasteiger partial charge in [0.2, 0.25) is 11.8 Å². The van der Waals surface area contributed by atoms with Gasteiger partial charge in [-0.1, -0.05) is 24.3 Å². The number of ether oxygens (including phenoxy) is 1. The van der Waals surface area contributed by atoms with Gasteiger partial charge in [0.1, 0.15) is 0 Å². The monoisotopic (exact) mass is 371 g/mol. The Balaban J connectivity index is 1.42. The number of hydrogen-bond donors (Lipinski definition) is 1. The molecule has 0 unspecified atom stereocenters. The van der Waals surface area contributed by atoms with Gasteiger partial charge in [-0.15, -0.1) is 0 Å². The highest BCUT2D eigenvalue weighted by Gasteiger charge is 2.23. The van der Waals surface area contributed by atoms with Crippen molar-refractivity contribution in [3.63, 3.8) is 0 Å². The number of carbonyl (C=O) groups is 2. The van der Waals surface area contributed by atoms with E-state index in [0.717, 1.165) is 63.5 Å². The maximum Gasteiger partial charge on any atom is 0.236 e. The molecule has 2 aliphatic rings. The lowest BCUT2D eigenvalue weighted by Crippen LogP contribution is -2.46. The zero-order valence-electron chi connectivity index (χ0n) is 16.0. The predicted molar refractivity (Wildman–Crippen MR) is 106 cm³/mol. The van der Waals surface area contributed by atoms with Crippen molar-refractivity contribution in [3.8, 4) is 0 Å². The molecular weight excluding hydrogens is 342 g/mol. The molecule has 0 aromatic heterocycles. The van der Waals surface area contributed by atoms with Crippen LogP contribution in [0.5, 0.6) is 0 Å². The van der Waals surface area contributed by atoms with Crippen molar-refractivity contribution in [3.05, 3.63) is 35.9 Å². The van der Waals surface area contributed by atoms with E-state index >= 15 is 0 Å². The first-order chi connectivity index (χ1) is 13.1. The normalized spacial score (nSPS) is 19.4. The number of hydrogen-bond acceptors (Lipinski definition) is 4. The number of rotatable bonds is 5. The Morgan fingerprint density at radius 2 is 1.78 bits per heavy atom. The van der Waals surface area contributed by atoms with E-state index in [9.17, 15) is 9.59 Å². The van der Waals surface area contributed by atoms with Gasteiger partial charge in [0, 0.05) is 38.8 Å². The van der Waals surface area contributed by atoms with Crippen molar-refractivity contribution >= 4 is 23.6 Å². The molecule has 1 aromatic carbocycles. The van der Waals surface area contributed by atoms with E-state index in [0.29, 0.717) is 12.5 Å². The number of nitrogens with one attached hydrogen (secondary N) is 1. The molecule has 0 saturated carbocycles. The van der Waals surface area contributed by atoms with Crippen LogP contribution in [0.25, 0.3) is 6.08 Å². The second-order valence-electron chi connectivity index (χ2n) is 7.27. The fraction of sp³-hybridized carbons (Fsp3) is 0.524. The van der Waals surface area contributed by atoms with E-state index in [4.69, 9.17) is 4.74 Å². The van der Waals surface area contributed by atoms with Gasteiger partial charge in [-0.05, 0) is 36.5 Å². The molecule has 0 radical (unpaired) electrons. The summed E-state index contributed by atoms with van der Waals surface area (Å²) in [6.45, 7) is 6.85. The summed E-state index contributed by atoms with van der Waals surface area (Å²) in [5, 5.41) is 2.77. The van der Waals surface area contributed by atoms with Gasteiger partial charge in [-0.2, -0.15) is 0 Å². The SMILES string of the molecule is CC(=O)Nc1ccc(/C=C/C2CCN(C(=O)CN3CCOCC3)CC2)cc1. The molecule has 2 fully saturated rings. The first-order valence-corrected chi connectivity index (χ1v) is 9.74. The highest BCUT2D eigenvalue weighted by Crippen LogP contribution is 2.20. The smallest absolute Gasteiger partial charge is 0.236 e. The van der Waals surface area contributed by atoms with Gasteiger partial charge in [0.15, 0.2) is 0 Å². The standard InChI is InChI=1S/C21H29N3O3/c1-17(25)22-20-6-4-18(5-7-20)2-3-19-8-10-24(11-9-19)21(26)16-23-12-14-27-15-13-23/h2-7,19H,8-16H2,1H3,(H,22,25)/b3-2+. The molecule has 0 aliphatic carbocycles. The highest BCUT2D eigenvalue weighted by molar-refractivity contribution is 5.88. The van der Waals surface area contributed by atoms with Crippen molar-refractivity contribution < 1.29 is 14.3 Å². The summed E-state index contributed by atoms with van der Waals surface area (Å²) >= 11 is 0. The lowest BCUT2D eigenvalue weighted by Gasteiger charge is -2.33. The molecule has 1 N–H and O–H groups in total. The number of allylic oxidation sites excluding steroid dienone is 1. The van der Waals surface area contributed by atoms with Crippen LogP contribution < -0.4 is 5.32 Å². The van der Waals surface area contributed by atoms with Crippen LogP contribution in [0, 0.1) is 5.92 Å². The third kappa shape index (κ3) is 6.19. The van der Waals surface area contributed by atoms with Crippen molar-refractivity contribution in [2.24, 2.45) is 5.92 Å². The van der Waals surface area contributed by atoms with Gasteiger partial charge in [0.25, 0.3) is 0 Å². The van der Waals surface area contributed by atoms with Gasteiger partial charge in [-0.3, -0.25) is 14.5 Å². The Hall–Kier alpha value is -2.18. The predicted octanol–water partition coefficient (Wildman–Crippen LogP) is 2.23. The molecule has 0 bridgehead atoms. The van der Waals surface area contributed by atoms with Crippen LogP contribution in [0.1, 0.15) is 25.3 Å². The summed E-state index contributed by atoms with van der Waals surface area (Å²) < 4.78 is 5.33. The molecule has 6 heteroatoms. The first kappa shape index (κ1) is 19.6. The average molecular weight is 371 g/mol. The summed E-state index contributed by atoms with van der Waals surface area (Å²) in [4.78, 5) is 27.7. The summed E-state index contributed by atoms with van der Waals surface area (Å²) in [6.07, 6.45) is 6.40. The van der Waals surface area contributed by atoms with E-state index in [1.807, 2.05) is 29.2 Å². The first-order valence-electron chi connectivity index (χ1n) is 9.74. The van der Waals surface area contributed by atoms with Crippen LogP contribution >= 0.6 is 0 Å². The highest BCUT2D eigenvalue weighted by atomic mass is 16.5. The van der Waals surface area contributed by atoms with E-state index in [2.05, 4.69) is 22.4 Å². The fourth-order valence-electron chi connectivity index (χ4n) is 3.52. The summed E-state index contributed by atoms with van der Waals surface area (Å²) in [6, 6.07) is 7.83. The minimum Gasteiger partial charge on any atom is -0.379 e. The summed E-state index contributed by atoms with van der Waals surface area (Å²) in [5.41, 5.74) is 1.93. The van der Waals surface area contributed by atoms with Crippen molar-refractivity contribution in [2.45, 2.75) is 19.8 Å². The maximum atomic E-state index is 12.5. The van der Waals surface area contributed by atoms with Crippen LogP contribution in [0.4, 0.5) is 5.69 Å². The molecule has 146 valence electrons. The van der Waals surface area contributed by atoms with Crippen LogP contribution in [-0.4, -0.2) is 67.6 Å². The molecule has 0 spiro atoms. The molecule has 2 aliphatic heterocycles. The number of benzene rings is 1. The summed E-state index contributed by atoms with van der Waals surface area (Å²) in [5.74, 6) is 0.688. The Kier molecular flexibility index (Phi) is 7.01. The minimum atomic E-state index is -0.0618. The molecule has 3 rings (SSSR count). The topological polar surface area (TPSA) is 61.9 Å². The molecule has 2 saturated heterocycles. The van der Waals surface area contributed by atoms with Crippen LogP contribution in [0.15, 0.2) is 30.3 Å².